The van der Waals surface area contributed by atoms with Crippen LogP contribution < -0.4 is 5.32 Å². The first kappa shape index (κ1) is 14.2. The van der Waals surface area contributed by atoms with Crippen LogP contribution in [0.15, 0.2) is 18.2 Å². The van der Waals surface area contributed by atoms with E-state index in [1.807, 2.05) is 25.1 Å². The van der Waals surface area contributed by atoms with Gasteiger partial charge in [-0.2, -0.15) is 0 Å². The second-order valence-corrected chi connectivity index (χ2v) is 3.67. The molecule has 1 aromatic rings. The number of rotatable bonds is 4. The summed E-state index contributed by atoms with van der Waals surface area (Å²) in [5, 5.41) is 11.4. The Balaban J connectivity index is 2.89. The molecule has 1 rings (SSSR count). The van der Waals surface area contributed by atoms with Crippen LogP contribution in [-0.4, -0.2) is 31.3 Å². The molecule has 0 aliphatic carbocycles. The number of amides is 1. The van der Waals surface area contributed by atoms with Gasteiger partial charge in [0.15, 0.2) is 0 Å². The van der Waals surface area contributed by atoms with Gasteiger partial charge in [-0.05, 0) is 30.2 Å². The first-order chi connectivity index (χ1) is 8.71. The lowest BCUT2D eigenvalue weighted by Gasteiger charge is -2.10. The fraction of sp³-hybridized carbons (Fsp3) is 0.357. The number of carbonyl (C=O) groups excluding carboxylic acids is 1. The number of aryl methyl sites for hydroxylation is 1. The molecule has 0 radical (unpaired) electrons. The fourth-order valence-corrected chi connectivity index (χ4v) is 1.54. The van der Waals surface area contributed by atoms with Gasteiger partial charge in [-0.15, -0.1) is 0 Å². The van der Waals surface area contributed by atoms with E-state index in [1.54, 1.807) is 0 Å². The van der Waals surface area contributed by atoms with E-state index in [2.05, 4.69) is 17.2 Å². The SMILES string of the molecule is CCc1cc(C#CCO)ccc1NC(=O)COC. The lowest BCUT2D eigenvalue weighted by molar-refractivity contribution is -0.119. The zero-order valence-electron chi connectivity index (χ0n) is 10.6. The van der Waals surface area contributed by atoms with E-state index in [0.717, 1.165) is 23.2 Å². The Kier molecular flexibility index (Phi) is 5.92. The molecular formula is C14H17NO3. The molecule has 0 saturated heterocycles. The minimum atomic E-state index is -0.179. The zero-order chi connectivity index (χ0) is 13.4. The third-order valence-electron chi connectivity index (χ3n) is 2.35. The summed E-state index contributed by atoms with van der Waals surface area (Å²) in [6, 6.07) is 5.53. The topological polar surface area (TPSA) is 58.6 Å². The zero-order valence-corrected chi connectivity index (χ0v) is 10.6. The summed E-state index contributed by atoms with van der Waals surface area (Å²) in [5.74, 6) is 5.25. The van der Waals surface area contributed by atoms with E-state index < -0.39 is 0 Å². The highest BCUT2D eigenvalue weighted by molar-refractivity contribution is 5.92. The molecule has 2 N–H and O–H groups in total. The second kappa shape index (κ2) is 7.49. The molecule has 96 valence electrons. The van der Waals surface area contributed by atoms with E-state index in [9.17, 15) is 4.79 Å². The van der Waals surface area contributed by atoms with Crippen molar-refractivity contribution < 1.29 is 14.6 Å². The highest BCUT2D eigenvalue weighted by atomic mass is 16.5. The van der Waals surface area contributed by atoms with Crippen molar-refractivity contribution in [1.29, 1.82) is 0 Å². The molecule has 0 fully saturated rings. The van der Waals surface area contributed by atoms with Crippen LogP contribution in [0.5, 0.6) is 0 Å². The molecule has 0 spiro atoms. The number of ether oxygens (including phenoxy) is 1. The fourth-order valence-electron chi connectivity index (χ4n) is 1.54. The van der Waals surface area contributed by atoms with Crippen LogP contribution in [0.4, 0.5) is 5.69 Å². The molecule has 0 saturated carbocycles. The summed E-state index contributed by atoms with van der Waals surface area (Å²) in [5.41, 5.74) is 2.60. The maximum absolute atomic E-state index is 11.4. The summed E-state index contributed by atoms with van der Waals surface area (Å²) in [6.45, 7) is 1.88. The average molecular weight is 247 g/mol. The number of carbonyl (C=O) groups is 1. The Labute approximate surface area is 107 Å². The third-order valence-corrected chi connectivity index (χ3v) is 2.35. The largest absolute Gasteiger partial charge is 0.384 e. The first-order valence-corrected chi connectivity index (χ1v) is 5.72. The highest BCUT2D eigenvalue weighted by Gasteiger charge is 2.06. The smallest absolute Gasteiger partial charge is 0.250 e. The van der Waals surface area contributed by atoms with Gasteiger partial charge in [-0.1, -0.05) is 18.8 Å². The van der Waals surface area contributed by atoms with Gasteiger partial charge in [0, 0.05) is 18.4 Å². The summed E-state index contributed by atoms with van der Waals surface area (Å²) in [7, 11) is 1.48. The van der Waals surface area contributed by atoms with Crippen molar-refractivity contribution in [3.63, 3.8) is 0 Å². The molecule has 1 amide bonds. The van der Waals surface area contributed by atoms with Gasteiger partial charge in [0.05, 0.1) is 0 Å². The Bertz CT molecular complexity index is 472. The van der Waals surface area contributed by atoms with Gasteiger partial charge >= 0.3 is 0 Å². The maximum Gasteiger partial charge on any atom is 0.250 e. The van der Waals surface area contributed by atoms with Crippen molar-refractivity contribution in [2.75, 3.05) is 25.6 Å². The van der Waals surface area contributed by atoms with Gasteiger partial charge in [0.25, 0.3) is 0 Å². The summed E-state index contributed by atoms with van der Waals surface area (Å²) >= 11 is 0. The lowest BCUT2D eigenvalue weighted by atomic mass is 10.1. The normalized spacial score (nSPS) is 9.50. The summed E-state index contributed by atoms with van der Waals surface area (Å²) in [6.07, 6.45) is 0.789. The van der Waals surface area contributed by atoms with E-state index in [4.69, 9.17) is 9.84 Å². The molecule has 0 aromatic heterocycles. The Morgan fingerprint density at radius 2 is 2.28 bits per heavy atom. The minimum Gasteiger partial charge on any atom is -0.384 e. The van der Waals surface area contributed by atoms with Crippen LogP contribution in [0.3, 0.4) is 0 Å². The monoisotopic (exact) mass is 247 g/mol. The molecule has 4 nitrogen and oxygen atoms in total. The van der Waals surface area contributed by atoms with Crippen molar-refractivity contribution in [2.45, 2.75) is 13.3 Å². The molecule has 0 aliphatic heterocycles. The first-order valence-electron chi connectivity index (χ1n) is 5.72. The number of hydrogen-bond acceptors (Lipinski definition) is 3. The predicted molar refractivity (Wildman–Crippen MR) is 70.3 cm³/mol. The molecule has 0 atom stereocenters. The van der Waals surface area contributed by atoms with Crippen molar-refractivity contribution in [1.82, 2.24) is 0 Å². The minimum absolute atomic E-state index is 0.0369. The quantitative estimate of drug-likeness (QED) is 0.785. The molecule has 0 heterocycles. The van der Waals surface area contributed by atoms with Crippen molar-refractivity contribution in [3.05, 3.63) is 29.3 Å². The van der Waals surface area contributed by atoms with E-state index in [-0.39, 0.29) is 19.1 Å². The summed E-state index contributed by atoms with van der Waals surface area (Å²) < 4.78 is 4.76. The Hall–Kier alpha value is -1.83. The van der Waals surface area contributed by atoms with Crippen LogP contribution >= 0.6 is 0 Å². The van der Waals surface area contributed by atoms with Crippen LogP contribution in [0.25, 0.3) is 0 Å². The predicted octanol–water partition coefficient (Wildman–Crippen LogP) is 1.18. The Morgan fingerprint density at radius 1 is 1.50 bits per heavy atom. The van der Waals surface area contributed by atoms with Crippen LogP contribution in [0.1, 0.15) is 18.1 Å². The van der Waals surface area contributed by atoms with Gasteiger partial charge in [0.1, 0.15) is 13.2 Å². The Morgan fingerprint density at radius 3 is 2.89 bits per heavy atom. The number of aliphatic hydroxyl groups is 1. The molecule has 0 aliphatic rings. The second-order valence-electron chi connectivity index (χ2n) is 3.67. The van der Waals surface area contributed by atoms with Crippen LogP contribution in [0, 0.1) is 11.8 Å². The van der Waals surface area contributed by atoms with Crippen molar-refractivity contribution >= 4 is 11.6 Å². The molecule has 18 heavy (non-hydrogen) atoms. The van der Waals surface area contributed by atoms with Crippen molar-refractivity contribution in [2.24, 2.45) is 0 Å². The molecule has 0 bridgehead atoms. The molecular weight excluding hydrogens is 230 g/mol. The number of hydrogen-bond donors (Lipinski definition) is 2. The summed E-state index contributed by atoms with van der Waals surface area (Å²) in [4.78, 5) is 11.4. The average Bonchev–Trinajstić information content (AvgIpc) is 2.37. The molecule has 0 unspecified atom stereocenters. The van der Waals surface area contributed by atoms with Crippen molar-refractivity contribution in [3.8, 4) is 11.8 Å². The van der Waals surface area contributed by atoms with Gasteiger partial charge in [-0.25, -0.2) is 0 Å². The lowest BCUT2D eigenvalue weighted by Crippen LogP contribution is -2.18. The molecule has 4 heteroatoms. The van der Waals surface area contributed by atoms with Gasteiger partial charge < -0.3 is 15.2 Å². The highest BCUT2D eigenvalue weighted by Crippen LogP contribution is 2.18. The number of nitrogens with one attached hydrogen (secondary N) is 1. The van der Waals surface area contributed by atoms with Crippen LogP contribution in [0.2, 0.25) is 0 Å². The van der Waals surface area contributed by atoms with E-state index in [1.165, 1.54) is 7.11 Å². The van der Waals surface area contributed by atoms with Gasteiger partial charge in [-0.3, -0.25) is 4.79 Å². The number of benzene rings is 1. The number of methoxy groups -OCH3 is 1. The van der Waals surface area contributed by atoms with E-state index >= 15 is 0 Å². The molecule has 1 aromatic carbocycles. The standard InChI is InChI=1S/C14H17NO3/c1-3-12-9-11(5-4-8-16)6-7-13(12)15-14(17)10-18-2/h6-7,9,16H,3,8,10H2,1-2H3,(H,15,17). The van der Waals surface area contributed by atoms with Crippen LogP contribution in [-0.2, 0) is 16.0 Å². The number of aliphatic hydroxyl groups excluding tert-OH is 1. The third kappa shape index (κ3) is 4.21. The van der Waals surface area contributed by atoms with Gasteiger partial charge in [0.2, 0.25) is 5.91 Å². The number of anilines is 1. The maximum atomic E-state index is 11.4. The van der Waals surface area contributed by atoms with E-state index in [0.29, 0.717) is 0 Å².